The zero-order chi connectivity index (χ0) is 13.1. The maximum atomic E-state index is 5.96. The summed E-state index contributed by atoms with van der Waals surface area (Å²) in [5.74, 6) is -0.841. The summed E-state index contributed by atoms with van der Waals surface area (Å²) in [5, 5.41) is 0. The van der Waals surface area contributed by atoms with Crippen LogP contribution in [0.1, 0.15) is 34.6 Å². The third-order valence-corrected chi connectivity index (χ3v) is 3.81. The molecule has 3 aliphatic heterocycles. The molecule has 3 fully saturated rings. The molecule has 0 radical (unpaired) electrons. The summed E-state index contributed by atoms with van der Waals surface area (Å²) in [7, 11) is 0. The molecule has 5 nitrogen and oxygen atoms in total. The maximum Gasteiger partial charge on any atom is 0.187 e. The monoisotopic (exact) mass is 258 g/mol. The molecule has 0 bridgehead atoms. The Bertz CT molecular complexity index is 340. The second kappa shape index (κ2) is 3.90. The highest BCUT2D eigenvalue weighted by atomic mass is 16.8. The lowest BCUT2D eigenvalue weighted by Gasteiger charge is -2.27. The summed E-state index contributed by atoms with van der Waals surface area (Å²) in [6.07, 6.45) is -0.376. The van der Waals surface area contributed by atoms with Crippen LogP contribution >= 0.6 is 0 Å². The van der Waals surface area contributed by atoms with E-state index in [1.54, 1.807) is 0 Å². The van der Waals surface area contributed by atoms with E-state index in [2.05, 4.69) is 6.92 Å². The highest BCUT2D eigenvalue weighted by molar-refractivity contribution is 4.95. The predicted octanol–water partition coefficient (Wildman–Crippen LogP) is 1.65. The normalized spacial score (nSPS) is 49.5. The number of rotatable bonds is 1. The van der Waals surface area contributed by atoms with Gasteiger partial charge in [0, 0.05) is 5.92 Å². The minimum Gasteiger partial charge on any atom is -0.348 e. The van der Waals surface area contributed by atoms with E-state index < -0.39 is 11.6 Å². The van der Waals surface area contributed by atoms with Crippen LogP contribution in [0, 0.1) is 5.92 Å². The fourth-order valence-electron chi connectivity index (χ4n) is 2.99. The summed E-state index contributed by atoms with van der Waals surface area (Å²) in [6, 6.07) is 0. The molecular weight excluding hydrogens is 236 g/mol. The van der Waals surface area contributed by atoms with Crippen LogP contribution in [0.2, 0.25) is 0 Å². The largest absolute Gasteiger partial charge is 0.348 e. The van der Waals surface area contributed by atoms with Crippen LogP contribution in [-0.4, -0.2) is 42.8 Å². The van der Waals surface area contributed by atoms with Crippen molar-refractivity contribution in [3.8, 4) is 0 Å². The van der Waals surface area contributed by atoms with Crippen LogP contribution in [0.25, 0.3) is 0 Å². The molecule has 0 aromatic carbocycles. The van der Waals surface area contributed by atoms with Gasteiger partial charge in [-0.3, -0.25) is 0 Å². The van der Waals surface area contributed by atoms with E-state index in [1.165, 1.54) is 0 Å². The van der Waals surface area contributed by atoms with Gasteiger partial charge in [-0.15, -0.1) is 0 Å². The zero-order valence-corrected chi connectivity index (χ0v) is 11.6. The Labute approximate surface area is 108 Å². The molecule has 0 N–H and O–H groups in total. The van der Waals surface area contributed by atoms with E-state index in [4.69, 9.17) is 23.7 Å². The smallest absolute Gasteiger partial charge is 0.187 e. The Kier molecular flexibility index (Phi) is 2.78. The maximum absolute atomic E-state index is 5.96. The Hall–Kier alpha value is -0.200. The average Bonchev–Trinajstić information content (AvgIpc) is 2.81. The predicted molar refractivity (Wildman–Crippen MR) is 62.8 cm³/mol. The molecule has 0 saturated carbocycles. The molecule has 4 unspecified atom stereocenters. The van der Waals surface area contributed by atoms with E-state index in [1.807, 2.05) is 27.7 Å². The third-order valence-electron chi connectivity index (χ3n) is 3.81. The molecule has 104 valence electrons. The molecule has 0 aromatic rings. The van der Waals surface area contributed by atoms with Crippen molar-refractivity contribution in [2.75, 3.05) is 6.61 Å². The number of fused-ring (bicyclic) bond motifs is 1. The summed E-state index contributed by atoms with van der Waals surface area (Å²) < 4.78 is 29.0. The second-order valence-corrected chi connectivity index (χ2v) is 6.30. The highest BCUT2D eigenvalue weighted by Gasteiger charge is 2.56. The van der Waals surface area contributed by atoms with Crippen LogP contribution in [0.3, 0.4) is 0 Å². The average molecular weight is 258 g/mol. The molecule has 3 rings (SSSR count). The molecule has 3 aliphatic rings. The van der Waals surface area contributed by atoms with Gasteiger partial charge in [-0.05, 0) is 27.7 Å². The van der Waals surface area contributed by atoms with Crippen molar-refractivity contribution < 1.29 is 23.7 Å². The second-order valence-electron chi connectivity index (χ2n) is 6.30. The minimum absolute atomic E-state index is 0.0164. The molecule has 3 heterocycles. The van der Waals surface area contributed by atoms with Crippen LogP contribution < -0.4 is 0 Å². The van der Waals surface area contributed by atoms with Crippen LogP contribution in [0.15, 0.2) is 0 Å². The third kappa shape index (κ3) is 2.08. The van der Waals surface area contributed by atoms with E-state index in [-0.39, 0.29) is 30.5 Å². The lowest BCUT2D eigenvalue weighted by atomic mass is 9.97. The highest BCUT2D eigenvalue weighted by Crippen LogP contribution is 2.43. The van der Waals surface area contributed by atoms with Crippen molar-refractivity contribution in [1.82, 2.24) is 0 Å². The van der Waals surface area contributed by atoms with Crippen LogP contribution in [0.5, 0.6) is 0 Å². The van der Waals surface area contributed by atoms with E-state index in [0.717, 1.165) is 0 Å². The standard InChI is InChI=1S/C13H22O5/c1-7-9(8-6-14-12(2,3)16-8)15-11-10(7)17-13(4,5)18-11/h7-11H,6H2,1-5H3/t7?,8-,9?,10?,11?/m0/s1. The fourth-order valence-corrected chi connectivity index (χ4v) is 2.99. The first-order valence-corrected chi connectivity index (χ1v) is 6.60. The van der Waals surface area contributed by atoms with Gasteiger partial charge in [-0.25, -0.2) is 0 Å². The molecule has 0 aromatic heterocycles. The summed E-state index contributed by atoms with van der Waals surface area (Å²) in [4.78, 5) is 0. The molecule has 0 spiro atoms. The van der Waals surface area contributed by atoms with Crippen molar-refractivity contribution in [1.29, 1.82) is 0 Å². The van der Waals surface area contributed by atoms with Crippen LogP contribution in [0.4, 0.5) is 0 Å². The zero-order valence-electron chi connectivity index (χ0n) is 11.6. The van der Waals surface area contributed by atoms with Crippen molar-refractivity contribution >= 4 is 0 Å². The topological polar surface area (TPSA) is 46.2 Å². The van der Waals surface area contributed by atoms with Gasteiger partial charge in [-0.2, -0.15) is 0 Å². The van der Waals surface area contributed by atoms with E-state index in [0.29, 0.717) is 6.61 Å². The minimum atomic E-state index is -0.555. The summed E-state index contributed by atoms with van der Waals surface area (Å²) >= 11 is 0. The summed E-state index contributed by atoms with van der Waals surface area (Å²) in [5.41, 5.74) is 0. The molecular formula is C13H22O5. The van der Waals surface area contributed by atoms with Gasteiger partial charge in [0.1, 0.15) is 12.2 Å². The van der Waals surface area contributed by atoms with Gasteiger partial charge in [0.15, 0.2) is 17.9 Å². The number of ether oxygens (including phenoxy) is 5. The SMILES string of the molecule is CC1C2OC(C)(C)OC2OC1[C@@H]1COC(C)(C)O1. The molecule has 5 atom stereocenters. The molecule has 0 amide bonds. The van der Waals surface area contributed by atoms with E-state index in [9.17, 15) is 0 Å². The van der Waals surface area contributed by atoms with Crippen molar-refractivity contribution in [3.05, 3.63) is 0 Å². The first-order valence-electron chi connectivity index (χ1n) is 6.60. The first-order chi connectivity index (χ1) is 8.27. The van der Waals surface area contributed by atoms with Gasteiger partial charge < -0.3 is 23.7 Å². The Morgan fingerprint density at radius 3 is 2.17 bits per heavy atom. The van der Waals surface area contributed by atoms with Crippen molar-refractivity contribution in [2.45, 2.75) is 70.8 Å². The lowest BCUT2D eigenvalue weighted by molar-refractivity contribution is -0.226. The van der Waals surface area contributed by atoms with Gasteiger partial charge in [-0.1, -0.05) is 6.92 Å². The molecule has 5 heteroatoms. The fraction of sp³-hybridized carbons (Fsp3) is 1.00. The molecule has 18 heavy (non-hydrogen) atoms. The Balaban J connectivity index is 1.68. The van der Waals surface area contributed by atoms with Gasteiger partial charge in [0.05, 0.1) is 12.7 Å². The molecule has 3 saturated heterocycles. The van der Waals surface area contributed by atoms with E-state index >= 15 is 0 Å². The van der Waals surface area contributed by atoms with Crippen molar-refractivity contribution in [3.63, 3.8) is 0 Å². The number of hydrogen-bond donors (Lipinski definition) is 0. The number of hydrogen-bond acceptors (Lipinski definition) is 5. The summed E-state index contributed by atoms with van der Waals surface area (Å²) in [6.45, 7) is 10.3. The Morgan fingerprint density at radius 2 is 1.61 bits per heavy atom. The van der Waals surface area contributed by atoms with Gasteiger partial charge in [0.25, 0.3) is 0 Å². The lowest BCUT2D eigenvalue weighted by Crippen LogP contribution is -2.37. The quantitative estimate of drug-likeness (QED) is 0.715. The van der Waals surface area contributed by atoms with Gasteiger partial charge >= 0.3 is 0 Å². The Morgan fingerprint density at radius 1 is 0.889 bits per heavy atom. The van der Waals surface area contributed by atoms with Crippen molar-refractivity contribution in [2.24, 2.45) is 5.92 Å². The first kappa shape index (κ1) is 12.8. The van der Waals surface area contributed by atoms with Gasteiger partial charge in [0.2, 0.25) is 0 Å². The molecule has 0 aliphatic carbocycles. The van der Waals surface area contributed by atoms with Crippen LogP contribution in [-0.2, 0) is 23.7 Å².